The second-order valence-corrected chi connectivity index (χ2v) is 7.85. The number of hydrogen-bond acceptors (Lipinski definition) is 5. The number of aryl methyl sites for hydroxylation is 1. The van der Waals surface area contributed by atoms with E-state index < -0.39 is 4.92 Å². The van der Waals surface area contributed by atoms with Crippen LogP contribution in [0.3, 0.4) is 0 Å². The van der Waals surface area contributed by atoms with Crippen LogP contribution in [-0.2, 0) is 6.54 Å². The van der Waals surface area contributed by atoms with Crippen LogP contribution >= 0.6 is 0 Å². The molecule has 0 bridgehead atoms. The van der Waals surface area contributed by atoms with Crippen LogP contribution in [0.15, 0.2) is 54.6 Å². The lowest BCUT2D eigenvalue weighted by Crippen LogP contribution is -2.25. The molecule has 0 spiro atoms. The number of anilines is 1. The summed E-state index contributed by atoms with van der Waals surface area (Å²) in [5, 5.41) is 18.4. The molecule has 8 nitrogen and oxygen atoms in total. The molecule has 0 aliphatic heterocycles. The second-order valence-electron chi connectivity index (χ2n) is 7.85. The molecule has 0 fully saturated rings. The molecule has 0 radical (unpaired) electrons. The average molecular weight is 436 g/mol. The summed E-state index contributed by atoms with van der Waals surface area (Å²) >= 11 is 0. The molecule has 3 aromatic rings. The number of rotatable bonds is 10. The SMILES string of the molecule is Cc1nn(Cc2ccc(C(=O)NCCCCN(C)c3ccccc3)cc2)c(C)c1[N+](=O)[O-]. The molecule has 168 valence electrons. The summed E-state index contributed by atoms with van der Waals surface area (Å²) in [7, 11) is 2.07. The highest BCUT2D eigenvalue weighted by atomic mass is 16.6. The number of nitrogens with one attached hydrogen (secondary N) is 1. The fourth-order valence-electron chi connectivity index (χ4n) is 3.63. The van der Waals surface area contributed by atoms with E-state index in [0.29, 0.717) is 30.0 Å². The molecule has 8 heteroatoms. The third kappa shape index (κ3) is 5.72. The topological polar surface area (TPSA) is 93.3 Å². The predicted octanol–water partition coefficient (Wildman–Crippen LogP) is 4.10. The van der Waals surface area contributed by atoms with Crippen LogP contribution in [0.1, 0.15) is 40.2 Å². The van der Waals surface area contributed by atoms with Gasteiger partial charge in [0.15, 0.2) is 0 Å². The summed E-state index contributed by atoms with van der Waals surface area (Å²) < 4.78 is 1.62. The first-order valence-electron chi connectivity index (χ1n) is 10.7. The first kappa shape index (κ1) is 23.0. The van der Waals surface area contributed by atoms with Crippen molar-refractivity contribution in [3.05, 3.63) is 87.2 Å². The van der Waals surface area contributed by atoms with Crippen LogP contribution in [0.4, 0.5) is 11.4 Å². The normalized spacial score (nSPS) is 10.7. The number of benzene rings is 2. The van der Waals surface area contributed by atoms with E-state index in [1.54, 1.807) is 30.7 Å². The van der Waals surface area contributed by atoms with Crippen molar-refractivity contribution in [1.29, 1.82) is 0 Å². The van der Waals surface area contributed by atoms with Crippen LogP contribution in [0.25, 0.3) is 0 Å². The monoisotopic (exact) mass is 435 g/mol. The van der Waals surface area contributed by atoms with E-state index >= 15 is 0 Å². The Kier molecular flexibility index (Phi) is 7.59. The van der Waals surface area contributed by atoms with Gasteiger partial charge in [0.1, 0.15) is 11.4 Å². The Morgan fingerprint density at radius 2 is 1.78 bits per heavy atom. The minimum Gasteiger partial charge on any atom is -0.375 e. The van der Waals surface area contributed by atoms with E-state index in [2.05, 4.69) is 34.5 Å². The zero-order chi connectivity index (χ0) is 23.1. The van der Waals surface area contributed by atoms with Gasteiger partial charge in [0, 0.05) is 31.4 Å². The number of unbranched alkanes of at least 4 members (excludes halogenated alkanes) is 1. The first-order chi connectivity index (χ1) is 15.4. The van der Waals surface area contributed by atoms with Crippen molar-refractivity contribution in [2.75, 3.05) is 25.0 Å². The van der Waals surface area contributed by atoms with Crippen molar-refractivity contribution >= 4 is 17.3 Å². The van der Waals surface area contributed by atoms with Gasteiger partial charge in [-0.05, 0) is 56.5 Å². The molecule has 0 saturated heterocycles. The average Bonchev–Trinajstić information content (AvgIpc) is 3.07. The van der Waals surface area contributed by atoms with E-state index in [1.165, 1.54) is 5.69 Å². The molecule has 0 aliphatic rings. The van der Waals surface area contributed by atoms with Gasteiger partial charge >= 0.3 is 5.69 Å². The summed E-state index contributed by atoms with van der Waals surface area (Å²) in [5.41, 5.74) is 3.67. The highest BCUT2D eigenvalue weighted by molar-refractivity contribution is 5.94. The minimum absolute atomic E-state index is 0.0518. The molecule has 0 saturated carbocycles. The van der Waals surface area contributed by atoms with Crippen molar-refractivity contribution in [2.24, 2.45) is 0 Å². The molecule has 32 heavy (non-hydrogen) atoms. The Balaban J connectivity index is 1.45. The standard InChI is InChI=1S/C24H29N5O3/c1-18-23(29(31)32)19(2)28(26-18)17-20-11-13-21(14-12-20)24(30)25-15-7-8-16-27(3)22-9-5-4-6-10-22/h4-6,9-14H,7-8,15-17H2,1-3H3,(H,25,30). The molecule has 1 amide bonds. The van der Waals surface area contributed by atoms with Gasteiger partial charge in [-0.15, -0.1) is 0 Å². The summed E-state index contributed by atoms with van der Waals surface area (Å²) in [6.45, 7) is 5.29. The predicted molar refractivity (Wildman–Crippen MR) is 125 cm³/mol. The number of para-hydroxylation sites is 1. The van der Waals surface area contributed by atoms with Gasteiger partial charge in [0.25, 0.3) is 5.91 Å². The maximum absolute atomic E-state index is 12.4. The Morgan fingerprint density at radius 3 is 2.41 bits per heavy atom. The van der Waals surface area contributed by atoms with Crippen LogP contribution in [0.5, 0.6) is 0 Å². The Bertz CT molecular complexity index is 1060. The van der Waals surface area contributed by atoms with Crippen molar-refractivity contribution in [3.8, 4) is 0 Å². The van der Waals surface area contributed by atoms with E-state index in [0.717, 1.165) is 24.9 Å². The first-order valence-corrected chi connectivity index (χ1v) is 10.7. The molecule has 0 atom stereocenters. The molecule has 0 unspecified atom stereocenters. The quantitative estimate of drug-likeness (QED) is 0.294. The van der Waals surface area contributed by atoms with E-state index in [9.17, 15) is 14.9 Å². The highest BCUT2D eigenvalue weighted by Gasteiger charge is 2.21. The third-order valence-electron chi connectivity index (χ3n) is 5.48. The maximum atomic E-state index is 12.4. The van der Waals surface area contributed by atoms with Crippen molar-refractivity contribution < 1.29 is 9.72 Å². The summed E-state index contributed by atoms with van der Waals surface area (Å²) in [4.78, 5) is 25.4. The number of amides is 1. The molecule has 0 aliphatic carbocycles. The van der Waals surface area contributed by atoms with Crippen molar-refractivity contribution in [1.82, 2.24) is 15.1 Å². The summed E-state index contributed by atoms with van der Waals surface area (Å²) in [5.74, 6) is -0.102. The van der Waals surface area contributed by atoms with E-state index in [4.69, 9.17) is 0 Å². The molecular formula is C24H29N5O3. The molecule has 1 N–H and O–H groups in total. The summed E-state index contributed by atoms with van der Waals surface area (Å²) in [6.07, 6.45) is 1.89. The highest BCUT2D eigenvalue weighted by Crippen LogP contribution is 2.22. The Labute approximate surface area is 188 Å². The van der Waals surface area contributed by atoms with Gasteiger partial charge in [-0.1, -0.05) is 30.3 Å². The number of nitrogens with zero attached hydrogens (tertiary/aromatic N) is 4. The lowest BCUT2D eigenvalue weighted by atomic mass is 10.1. The Hall–Kier alpha value is -3.68. The van der Waals surface area contributed by atoms with E-state index in [1.807, 2.05) is 30.3 Å². The minimum atomic E-state index is -0.401. The molecule has 2 aromatic carbocycles. The number of nitro groups is 1. The molecule has 3 rings (SSSR count). The Morgan fingerprint density at radius 1 is 1.09 bits per heavy atom. The zero-order valence-electron chi connectivity index (χ0n) is 18.7. The number of aromatic nitrogens is 2. The largest absolute Gasteiger partial charge is 0.375 e. The molecule has 1 heterocycles. The fraction of sp³-hybridized carbons (Fsp3) is 0.333. The van der Waals surface area contributed by atoms with Crippen LogP contribution in [0, 0.1) is 24.0 Å². The number of carbonyl (C=O) groups is 1. The zero-order valence-corrected chi connectivity index (χ0v) is 18.7. The smallest absolute Gasteiger partial charge is 0.312 e. The van der Waals surface area contributed by atoms with Gasteiger partial charge in [-0.2, -0.15) is 5.10 Å². The van der Waals surface area contributed by atoms with Crippen molar-refractivity contribution in [2.45, 2.75) is 33.2 Å². The van der Waals surface area contributed by atoms with Gasteiger partial charge in [-0.25, -0.2) is 0 Å². The van der Waals surface area contributed by atoms with Gasteiger partial charge in [0.2, 0.25) is 0 Å². The number of hydrogen-bond donors (Lipinski definition) is 1. The lowest BCUT2D eigenvalue weighted by molar-refractivity contribution is -0.386. The molecule has 1 aromatic heterocycles. The van der Waals surface area contributed by atoms with Crippen molar-refractivity contribution in [3.63, 3.8) is 0 Å². The third-order valence-corrected chi connectivity index (χ3v) is 5.48. The maximum Gasteiger partial charge on any atom is 0.312 e. The second kappa shape index (κ2) is 10.6. The molecular weight excluding hydrogens is 406 g/mol. The summed E-state index contributed by atoms with van der Waals surface area (Å²) in [6, 6.07) is 17.5. The van der Waals surface area contributed by atoms with Crippen LogP contribution in [-0.4, -0.2) is 40.7 Å². The fourth-order valence-corrected chi connectivity index (χ4v) is 3.63. The van der Waals surface area contributed by atoms with E-state index in [-0.39, 0.29) is 11.6 Å². The van der Waals surface area contributed by atoms with Gasteiger partial charge in [0.05, 0.1) is 11.5 Å². The van der Waals surface area contributed by atoms with Crippen LogP contribution in [0.2, 0.25) is 0 Å². The van der Waals surface area contributed by atoms with Gasteiger partial charge < -0.3 is 10.2 Å². The number of carbonyl (C=O) groups excluding carboxylic acids is 1. The van der Waals surface area contributed by atoms with Gasteiger partial charge in [-0.3, -0.25) is 19.6 Å². The van der Waals surface area contributed by atoms with Crippen LogP contribution < -0.4 is 10.2 Å². The lowest BCUT2D eigenvalue weighted by Gasteiger charge is -2.19.